The maximum atomic E-state index is 13.8. The number of hydrogen-bond donors (Lipinski definition) is 2. The van der Waals surface area contributed by atoms with Crippen molar-refractivity contribution in [1.29, 1.82) is 0 Å². The van der Waals surface area contributed by atoms with Crippen molar-refractivity contribution < 1.29 is 19.4 Å². The number of carboxylic acid groups (broad SMARTS) is 1. The minimum Gasteiger partial charge on any atom is -0.481 e. The molecule has 228 valence electrons. The van der Waals surface area contributed by atoms with E-state index in [1.165, 1.54) is 0 Å². The summed E-state index contributed by atoms with van der Waals surface area (Å²) in [6.07, 6.45) is 8.14. The summed E-state index contributed by atoms with van der Waals surface area (Å²) in [5.74, 6) is -1.28. The van der Waals surface area contributed by atoms with Gasteiger partial charge >= 0.3 is 12.1 Å². The molecule has 2 N–H and O–H groups in total. The first-order valence-corrected chi connectivity index (χ1v) is 15.2. The van der Waals surface area contributed by atoms with E-state index in [0.717, 1.165) is 27.6 Å². The van der Waals surface area contributed by atoms with Crippen molar-refractivity contribution in [1.82, 2.24) is 9.88 Å². The average molecular weight is 592 g/mol. The molecule has 2 heterocycles. The third kappa shape index (κ3) is 7.46. The van der Waals surface area contributed by atoms with Crippen LogP contribution in [0.3, 0.4) is 0 Å². The Balaban J connectivity index is 1.46. The first-order chi connectivity index (χ1) is 21.1. The number of carbonyl (C=O) groups is 2. The number of aliphatic imine (C=N–C) groups is 1. The number of fused-ring (bicyclic) bond motifs is 1. The summed E-state index contributed by atoms with van der Waals surface area (Å²) in [6.45, 7) is 6.34. The predicted octanol–water partition coefficient (Wildman–Crippen LogP) is 7.64. The fourth-order valence-electron chi connectivity index (χ4n) is 6.12. The Morgan fingerprint density at radius 2 is 1.59 bits per heavy atom. The minimum absolute atomic E-state index is 0.0513. The number of para-hydroxylation sites is 1. The minimum atomic E-state index is -0.873. The SMILES string of the molecule is CC(C)(C)OC(=O)N(CCC1(C(CC(=O)O)Cc2c[nH]c3ccccc23)C=CC=N1)CC(c1ccccc1)c1ccccc1. The number of carboxylic acids is 1. The van der Waals surface area contributed by atoms with Gasteiger partial charge in [-0.3, -0.25) is 9.79 Å². The van der Waals surface area contributed by atoms with Crippen LogP contribution in [0.15, 0.2) is 108 Å². The van der Waals surface area contributed by atoms with Crippen molar-refractivity contribution >= 4 is 29.2 Å². The molecular weight excluding hydrogens is 550 g/mol. The highest BCUT2D eigenvalue weighted by Gasteiger charge is 2.40. The zero-order valence-corrected chi connectivity index (χ0v) is 25.6. The predicted molar refractivity (Wildman–Crippen MR) is 175 cm³/mol. The molecule has 0 aliphatic carbocycles. The van der Waals surface area contributed by atoms with Crippen molar-refractivity contribution in [2.75, 3.05) is 13.1 Å². The van der Waals surface area contributed by atoms with Crippen LogP contribution in [0.2, 0.25) is 0 Å². The summed E-state index contributed by atoms with van der Waals surface area (Å²) in [5.41, 5.74) is 2.81. The number of aromatic nitrogens is 1. The van der Waals surface area contributed by atoms with E-state index in [2.05, 4.69) is 35.3 Å². The van der Waals surface area contributed by atoms with Gasteiger partial charge in [0.2, 0.25) is 0 Å². The van der Waals surface area contributed by atoms with Gasteiger partial charge in [0, 0.05) is 48.2 Å². The lowest BCUT2D eigenvalue weighted by molar-refractivity contribution is -0.138. The summed E-state index contributed by atoms with van der Waals surface area (Å²) in [5, 5.41) is 11.1. The normalized spacial score (nSPS) is 16.8. The lowest BCUT2D eigenvalue weighted by atomic mass is 9.76. The Hall–Kier alpha value is -4.65. The summed E-state index contributed by atoms with van der Waals surface area (Å²) in [7, 11) is 0. The van der Waals surface area contributed by atoms with Crippen molar-refractivity contribution in [3.8, 4) is 0 Å². The van der Waals surface area contributed by atoms with E-state index in [9.17, 15) is 14.7 Å². The molecule has 0 fully saturated rings. The molecule has 0 spiro atoms. The van der Waals surface area contributed by atoms with E-state index in [1.807, 2.05) is 93.7 Å². The molecule has 1 aromatic heterocycles. The third-order valence-electron chi connectivity index (χ3n) is 8.30. The molecule has 2 atom stereocenters. The first kappa shape index (κ1) is 30.8. The van der Waals surface area contributed by atoms with E-state index >= 15 is 0 Å². The van der Waals surface area contributed by atoms with Gasteiger partial charge in [-0.15, -0.1) is 0 Å². The summed E-state index contributed by atoms with van der Waals surface area (Å²) in [6, 6.07) is 28.4. The van der Waals surface area contributed by atoms with E-state index in [1.54, 1.807) is 11.1 Å². The van der Waals surface area contributed by atoms with Crippen molar-refractivity contribution in [3.63, 3.8) is 0 Å². The number of aliphatic carboxylic acids is 1. The van der Waals surface area contributed by atoms with Gasteiger partial charge in [-0.05, 0) is 62.4 Å². The molecule has 5 rings (SSSR count). The van der Waals surface area contributed by atoms with E-state index < -0.39 is 23.2 Å². The summed E-state index contributed by atoms with van der Waals surface area (Å²) in [4.78, 5) is 35.9. The van der Waals surface area contributed by atoms with Gasteiger partial charge in [-0.2, -0.15) is 0 Å². The van der Waals surface area contributed by atoms with Gasteiger partial charge in [0.25, 0.3) is 0 Å². The topological polar surface area (TPSA) is 95.0 Å². The first-order valence-electron chi connectivity index (χ1n) is 15.2. The zero-order valence-electron chi connectivity index (χ0n) is 25.6. The van der Waals surface area contributed by atoms with Gasteiger partial charge in [0.15, 0.2) is 0 Å². The Morgan fingerprint density at radius 3 is 2.18 bits per heavy atom. The molecule has 1 amide bonds. The highest BCUT2D eigenvalue weighted by atomic mass is 16.6. The Morgan fingerprint density at radius 1 is 0.955 bits per heavy atom. The smallest absolute Gasteiger partial charge is 0.410 e. The highest BCUT2D eigenvalue weighted by Crippen LogP contribution is 2.38. The van der Waals surface area contributed by atoms with Crippen LogP contribution in [0.5, 0.6) is 0 Å². The molecule has 0 radical (unpaired) electrons. The quantitative estimate of drug-likeness (QED) is 0.177. The molecule has 0 bridgehead atoms. The number of nitrogens with zero attached hydrogens (tertiary/aromatic N) is 2. The van der Waals surface area contributed by atoms with E-state index in [-0.39, 0.29) is 18.3 Å². The molecule has 1 aliphatic heterocycles. The molecule has 4 aromatic rings. The molecule has 0 saturated heterocycles. The number of amides is 1. The van der Waals surface area contributed by atoms with Crippen molar-refractivity contribution in [2.45, 2.75) is 57.1 Å². The summed E-state index contributed by atoms with van der Waals surface area (Å²) >= 11 is 0. The van der Waals surface area contributed by atoms with Gasteiger partial charge < -0.3 is 19.7 Å². The highest BCUT2D eigenvalue weighted by molar-refractivity contribution is 5.83. The maximum Gasteiger partial charge on any atom is 0.410 e. The fraction of sp³-hybridized carbons (Fsp3) is 0.324. The molecule has 3 aromatic carbocycles. The molecular formula is C37H41N3O4. The molecule has 2 unspecified atom stereocenters. The average Bonchev–Trinajstić information content (AvgIpc) is 3.65. The largest absolute Gasteiger partial charge is 0.481 e. The van der Waals surface area contributed by atoms with Gasteiger partial charge in [0.1, 0.15) is 5.60 Å². The molecule has 7 heteroatoms. The van der Waals surface area contributed by atoms with E-state index in [4.69, 9.17) is 9.73 Å². The number of allylic oxidation sites excluding steroid dienone is 1. The van der Waals surface area contributed by atoms with Crippen LogP contribution < -0.4 is 0 Å². The van der Waals surface area contributed by atoms with Crippen LogP contribution >= 0.6 is 0 Å². The molecule has 44 heavy (non-hydrogen) atoms. The van der Waals surface area contributed by atoms with Gasteiger partial charge in [-0.25, -0.2) is 4.79 Å². The zero-order chi connectivity index (χ0) is 31.2. The summed E-state index contributed by atoms with van der Waals surface area (Å²) < 4.78 is 5.91. The van der Waals surface area contributed by atoms with Gasteiger partial charge in [-0.1, -0.05) is 84.9 Å². The van der Waals surface area contributed by atoms with Crippen molar-refractivity contribution in [2.24, 2.45) is 10.9 Å². The van der Waals surface area contributed by atoms with Crippen LogP contribution in [0.1, 0.15) is 56.2 Å². The van der Waals surface area contributed by atoms with Crippen LogP contribution in [0, 0.1) is 5.92 Å². The van der Waals surface area contributed by atoms with Crippen molar-refractivity contribution in [3.05, 3.63) is 120 Å². The lowest BCUT2D eigenvalue weighted by Crippen LogP contribution is -2.44. The Labute approximate surface area is 259 Å². The molecule has 0 saturated carbocycles. The number of ether oxygens (including phenoxy) is 1. The maximum absolute atomic E-state index is 13.8. The molecule has 1 aliphatic rings. The molecule has 7 nitrogen and oxygen atoms in total. The lowest BCUT2D eigenvalue weighted by Gasteiger charge is -2.36. The monoisotopic (exact) mass is 591 g/mol. The third-order valence-corrected chi connectivity index (χ3v) is 8.30. The Bertz CT molecular complexity index is 1570. The van der Waals surface area contributed by atoms with Crippen LogP contribution in [-0.2, 0) is 16.0 Å². The van der Waals surface area contributed by atoms with Crippen LogP contribution in [0.4, 0.5) is 4.79 Å². The fourth-order valence-corrected chi connectivity index (χ4v) is 6.12. The van der Waals surface area contributed by atoms with E-state index in [0.29, 0.717) is 25.9 Å². The van der Waals surface area contributed by atoms with Crippen LogP contribution in [-0.4, -0.2) is 57.5 Å². The number of nitrogens with one attached hydrogen (secondary N) is 1. The number of hydrogen-bond acceptors (Lipinski definition) is 4. The number of aromatic amines is 1. The number of benzene rings is 3. The van der Waals surface area contributed by atoms with Crippen LogP contribution in [0.25, 0.3) is 10.9 Å². The van der Waals surface area contributed by atoms with Gasteiger partial charge in [0.05, 0.1) is 12.0 Å². The Kier molecular flexibility index (Phi) is 9.33. The second kappa shape index (κ2) is 13.3. The number of rotatable bonds is 12. The standard InChI is InChI=1S/C37H41N3O4/c1-36(2,3)44-35(43)40(26-32(27-13-6-4-7-14-27)28-15-8-5-9-16-28)22-20-37(19-12-21-39-37)30(24-34(41)42)23-29-25-38-33-18-11-10-17-31(29)33/h4-19,21,25,30,32,38H,20,22-24,26H2,1-3H3,(H,41,42). The number of H-pyrrole nitrogens is 1. The second-order valence-corrected chi connectivity index (χ2v) is 12.5. The second-order valence-electron chi connectivity index (χ2n) is 12.5. The number of carbonyl (C=O) groups excluding carboxylic acids is 1.